The van der Waals surface area contributed by atoms with Gasteiger partial charge in [0.15, 0.2) is 5.82 Å². The van der Waals surface area contributed by atoms with Crippen LogP contribution in [0.4, 0.5) is 5.82 Å². The third-order valence-corrected chi connectivity index (χ3v) is 6.07. The zero-order valence-electron chi connectivity index (χ0n) is 20.5. The quantitative estimate of drug-likeness (QED) is 0.195. The summed E-state index contributed by atoms with van der Waals surface area (Å²) in [6, 6.07) is 21.1. The number of carbonyl (C=O) groups is 1. The fourth-order valence-corrected chi connectivity index (χ4v) is 4.02. The Kier molecular flexibility index (Phi) is 9.61. The van der Waals surface area contributed by atoms with Crippen LogP contribution >= 0.6 is 15.9 Å². The van der Waals surface area contributed by atoms with E-state index in [1.54, 1.807) is 25.3 Å². The second-order valence-corrected chi connectivity index (χ2v) is 8.32. The number of aryl methyl sites for hydroxylation is 1. The van der Waals surface area contributed by atoms with E-state index in [0.29, 0.717) is 29.0 Å². The number of nitrogens with zero attached hydrogens (tertiary/aromatic N) is 2. The molecule has 3 aromatic carbocycles. The monoisotopic (exact) mass is 535 g/mol. The SMILES string of the molecule is CC.COC(=O)c1ccc2nc(-c3ccccc3)c(NCCCc3cc(OC)ccc3Br)nc2c1. The van der Waals surface area contributed by atoms with Gasteiger partial charge in [0.05, 0.1) is 30.8 Å². The van der Waals surface area contributed by atoms with Crippen molar-refractivity contribution in [1.29, 1.82) is 0 Å². The van der Waals surface area contributed by atoms with Crippen molar-refractivity contribution < 1.29 is 14.3 Å². The molecule has 0 atom stereocenters. The number of benzene rings is 3. The van der Waals surface area contributed by atoms with Crippen molar-refractivity contribution in [3.63, 3.8) is 0 Å². The number of nitrogens with one attached hydrogen (secondary N) is 1. The molecule has 7 heteroatoms. The third-order valence-electron chi connectivity index (χ3n) is 5.30. The predicted molar refractivity (Wildman–Crippen MR) is 145 cm³/mol. The van der Waals surface area contributed by atoms with Gasteiger partial charge < -0.3 is 14.8 Å². The normalized spacial score (nSPS) is 10.3. The predicted octanol–water partition coefficient (Wildman–Crippen LogP) is 6.93. The van der Waals surface area contributed by atoms with E-state index >= 15 is 0 Å². The molecule has 0 aliphatic rings. The third kappa shape index (κ3) is 6.57. The molecule has 0 unspecified atom stereocenters. The van der Waals surface area contributed by atoms with Crippen molar-refractivity contribution in [1.82, 2.24) is 9.97 Å². The van der Waals surface area contributed by atoms with Gasteiger partial charge in [0.25, 0.3) is 0 Å². The molecule has 35 heavy (non-hydrogen) atoms. The minimum absolute atomic E-state index is 0.399. The van der Waals surface area contributed by atoms with Gasteiger partial charge in [-0.05, 0) is 54.8 Å². The minimum Gasteiger partial charge on any atom is -0.497 e. The molecule has 1 aromatic heterocycles. The van der Waals surface area contributed by atoms with Crippen LogP contribution < -0.4 is 10.1 Å². The topological polar surface area (TPSA) is 73.3 Å². The summed E-state index contributed by atoms with van der Waals surface area (Å²) in [5, 5.41) is 3.45. The van der Waals surface area contributed by atoms with Crippen LogP contribution in [0.25, 0.3) is 22.3 Å². The molecule has 182 valence electrons. The van der Waals surface area contributed by atoms with E-state index in [4.69, 9.17) is 19.4 Å². The first-order chi connectivity index (χ1) is 17.1. The highest BCUT2D eigenvalue weighted by Crippen LogP contribution is 2.28. The van der Waals surface area contributed by atoms with Crippen LogP contribution in [0.3, 0.4) is 0 Å². The minimum atomic E-state index is -0.399. The smallest absolute Gasteiger partial charge is 0.337 e. The lowest BCUT2D eigenvalue weighted by molar-refractivity contribution is 0.0601. The van der Waals surface area contributed by atoms with Crippen LogP contribution in [-0.4, -0.2) is 36.7 Å². The number of hydrogen-bond donors (Lipinski definition) is 1. The summed E-state index contributed by atoms with van der Waals surface area (Å²) >= 11 is 3.61. The molecule has 0 spiro atoms. The standard InChI is InChI=1S/C26H24BrN3O3.C2H6/c1-32-20-11-12-21(27)18(15-20)9-6-14-28-25-24(17-7-4-3-5-8-17)29-22-13-10-19(26(31)33-2)16-23(22)30-25;1-2/h3-5,7-8,10-13,15-16H,6,9,14H2,1-2H3,(H,28,30);1-2H3. The average molecular weight is 536 g/mol. The highest BCUT2D eigenvalue weighted by Gasteiger charge is 2.13. The molecule has 0 amide bonds. The first-order valence-corrected chi connectivity index (χ1v) is 12.4. The van der Waals surface area contributed by atoms with Crippen LogP contribution in [0.15, 0.2) is 71.2 Å². The summed E-state index contributed by atoms with van der Waals surface area (Å²) in [5.41, 5.74) is 4.73. The first kappa shape index (κ1) is 26.2. The van der Waals surface area contributed by atoms with Crippen molar-refractivity contribution in [3.8, 4) is 17.0 Å². The van der Waals surface area contributed by atoms with E-state index in [0.717, 1.165) is 34.3 Å². The number of ether oxygens (including phenoxy) is 2. The summed E-state index contributed by atoms with van der Waals surface area (Å²) in [4.78, 5) is 21.6. The maximum Gasteiger partial charge on any atom is 0.337 e. The number of esters is 1. The van der Waals surface area contributed by atoms with E-state index in [-0.39, 0.29) is 0 Å². The number of anilines is 1. The van der Waals surface area contributed by atoms with Gasteiger partial charge in [0.1, 0.15) is 11.4 Å². The molecule has 1 heterocycles. The largest absolute Gasteiger partial charge is 0.497 e. The fourth-order valence-electron chi connectivity index (χ4n) is 3.57. The van der Waals surface area contributed by atoms with Crippen molar-refractivity contribution in [2.45, 2.75) is 26.7 Å². The Labute approximate surface area is 214 Å². The number of fused-ring (bicyclic) bond motifs is 1. The molecule has 1 N–H and O–H groups in total. The molecule has 0 aliphatic carbocycles. The van der Waals surface area contributed by atoms with Gasteiger partial charge in [-0.3, -0.25) is 0 Å². The van der Waals surface area contributed by atoms with Crippen LogP contribution in [0.1, 0.15) is 36.2 Å². The number of aromatic nitrogens is 2. The molecular weight excluding hydrogens is 506 g/mol. The Bertz CT molecular complexity index is 1280. The number of methoxy groups -OCH3 is 2. The summed E-state index contributed by atoms with van der Waals surface area (Å²) in [6.45, 7) is 4.71. The zero-order valence-corrected chi connectivity index (χ0v) is 22.1. The number of halogens is 1. The van der Waals surface area contributed by atoms with E-state index < -0.39 is 5.97 Å². The van der Waals surface area contributed by atoms with Crippen LogP contribution in [0.2, 0.25) is 0 Å². The van der Waals surface area contributed by atoms with Crippen LogP contribution in [-0.2, 0) is 11.2 Å². The maximum atomic E-state index is 12.0. The summed E-state index contributed by atoms with van der Waals surface area (Å²) < 4.78 is 11.2. The van der Waals surface area contributed by atoms with Gasteiger partial charge in [0.2, 0.25) is 0 Å². The number of hydrogen-bond acceptors (Lipinski definition) is 6. The summed E-state index contributed by atoms with van der Waals surface area (Å²) in [5.74, 6) is 1.12. The van der Waals surface area contributed by atoms with E-state index in [9.17, 15) is 4.79 Å². The lowest BCUT2D eigenvalue weighted by Crippen LogP contribution is -2.08. The molecule has 0 saturated heterocycles. The van der Waals surface area contributed by atoms with Crippen molar-refractivity contribution in [2.24, 2.45) is 0 Å². The second-order valence-electron chi connectivity index (χ2n) is 7.47. The Morgan fingerprint density at radius 2 is 1.71 bits per heavy atom. The Morgan fingerprint density at radius 3 is 2.43 bits per heavy atom. The summed E-state index contributed by atoms with van der Waals surface area (Å²) in [7, 11) is 3.04. The van der Waals surface area contributed by atoms with Crippen LogP contribution in [0.5, 0.6) is 5.75 Å². The van der Waals surface area contributed by atoms with Gasteiger partial charge in [-0.15, -0.1) is 0 Å². The van der Waals surface area contributed by atoms with Crippen molar-refractivity contribution in [3.05, 3.63) is 82.3 Å². The highest BCUT2D eigenvalue weighted by molar-refractivity contribution is 9.10. The zero-order chi connectivity index (χ0) is 25.2. The van der Waals surface area contributed by atoms with E-state index in [2.05, 4.69) is 21.2 Å². The molecule has 0 aliphatic heterocycles. The second kappa shape index (κ2) is 12.9. The number of carbonyl (C=O) groups excluding carboxylic acids is 1. The molecule has 4 rings (SSSR count). The highest BCUT2D eigenvalue weighted by atomic mass is 79.9. The molecule has 0 saturated carbocycles. The molecule has 0 radical (unpaired) electrons. The Hall–Kier alpha value is -3.45. The van der Waals surface area contributed by atoms with E-state index in [1.807, 2.05) is 62.4 Å². The van der Waals surface area contributed by atoms with Gasteiger partial charge in [-0.2, -0.15) is 0 Å². The summed E-state index contributed by atoms with van der Waals surface area (Å²) in [6.07, 6.45) is 1.76. The molecule has 6 nitrogen and oxygen atoms in total. The van der Waals surface area contributed by atoms with Crippen molar-refractivity contribution >= 4 is 38.8 Å². The van der Waals surface area contributed by atoms with Gasteiger partial charge in [-0.25, -0.2) is 14.8 Å². The lowest BCUT2D eigenvalue weighted by Gasteiger charge is -2.13. The van der Waals surface area contributed by atoms with Crippen LogP contribution in [0, 0.1) is 0 Å². The van der Waals surface area contributed by atoms with Gasteiger partial charge in [0, 0.05) is 16.6 Å². The number of rotatable bonds is 8. The van der Waals surface area contributed by atoms with Gasteiger partial charge >= 0.3 is 5.97 Å². The van der Waals surface area contributed by atoms with Crippen molar-refractivity contribution in [2.75, 3.05) is 26.1 Å². The average Bonchev–Trinajstić information content (AvgIpc) is 2.92. The molecule has 0 bridgehead atoms. The van der Waals surface area contributed by atoms with E-state index in [1.165, 1.54) is 12.7 Å². The first-order valence-electron chi connectivity index (χ1n) is 11.6. The molecule has 4 aromatic rings. The Balaban J connectivity index is 0.00000167. The molecule has 0 fully saturated rings. The lowest BCUT2D eigenvalue weighted by atomic mass is 10.1. The molecular formula is C28H30BrN3O3. The van der Waals surface area contributed by atoms with Gasteiger partial charge in [-0.1, -0.05) is 60.1 Å². The fraction of sp³-hybridized carbons (Fsp3) is 0.250. The maximum absolute atomic E-state index is 12.0. The Morgan fingerprint density at radius 1 is 0.943 bits per heavy atom.